The SMILES string of the molecule is COCCCN(C)C(=O)CSc1nccn1-c1cccc(OC)c1. The number of amides is 1. The first-order valence-corrected chi connectivity index (χ1v) is 8.67. The number of hydrogen-bond acceptors (Lipinski definition) is 5. The number of thioether (sulfide) groups is 1. The average molecular weight is 349 g/mol. The molecule has 24 heavy (non-hydrogen) atoms. The van der Waals surface area contributed by atoms with E-state index in [4.69, 9.17) is 9.47 Å². The van der Waals surface area contributed by atoms with Crippen LogP contribution in [0.2, 0.25) is 0 Å². The first kappa shape index (κ1) is 18.4. The highest BCUT2D eigenvalue weighted by Gasteiger charge is 2.12. The number of rotatable bonds is 9. The third kappa shape index (κ3) is 5.01. The first-order valence-electron chi connectivity index (χ1n) is 7.69. The van der Waals surface area contributed by atoms with Gasteiger partial charge in [-0.3, -0.25) is 9.36 Å². The summed E-state index contributed by atoms with van der Waals surface area (Å²) in [5.74, 6) is 1.21. The van der Waals surface area contributed by atoms with Crippen molar-refractivity contribution in [2.24, 2.45) is 0 Å². The Bertz CT molecular complexity index is 660. The van der Waals surface area contributed by atoms with E-state index in [0.717, 1.165) is 23.0 Å². The van der Waals surface area contributed by atoms with Gasteiger partial charge >= 0.3 is 0 Å². The Morgan fingerprint density at radius 2 is 2.21 bits per heavy atom. The Labute approximate surface area is 146 Å². The van der Waals surface area contributed by atoms with Crippen LogP contribution in [-0.4, -0.2) is 60.5 Å². The Balaban J connectivity index is 1.97. The molecule has 130 valence electrons. The van der Waals surface area contributed by atoms with Gasteiger partial charge in [-0.1, -0.05) is 17.8 Å². The summed E-state index contributed by atoms with van der Waals surface area (Å²) in [6.45, 7) is 1.35. The fraction of sp³-hybridized carbons (Fsp3) is 0.412. The molecule has 0 spiro atoms. The van der Waals surface area contributed by atoms with Crippen LogP contribution in [0.15, 0.2) is 41.8 Å². The number of imidazole rings is 1. The van der Waals surface area contributed by atoms with Crippen LogP contribution in [0.5, 0.6) is 5.75 Å². The molecule has 1 aromatic carbocycles. The van der Waals surface area contributed by atoms with Crippen LogP contribution >= 0.6 is 11.8 Å². The van der Waals surface area contributed by atoms with Crippen molar-refractivity contribution in [1.82, 2.24) is 14.5 Å². The molecule has 0 N–H and O–H groups in total. The van der Waals surface area contributed by atoms with E-state index in [9.17, 15) is 4.79 Å². The van der Waals surface area contributed by atoms with E-state index in [1.54, 1.807) is 25.3 Å². The predicted octanol–water partition coefficient (Wildman–Crippen LogP) is 2.47. The second-order valence-corrected chi connectivity index (χ2v) is 6.17. The van der Waals surface area contributed by atoms with Crippen molar-refractivity contribution < 1.29 is 14.3 Å². The van der Waals surface area contributed by atoms with Crippen LogP contribution in [0.4, 0.5) is 0 Å². The lowest BCUT2D eigenvalue weighted by molar-refractivity contribution is -0.127. The van der Waals surface area contributed by atoms with Crippen LogP contribution in [-0.2, 0) is 9.53 Å². The fourth-order valence-corrected chi connectivity index (χ4v) is 3.07. The van der Waals surface area contributed by atoms with Crippen molar-refractivity contribution in [3.05, 3.63) is 36.7 Å². The van der Waals surface area contributed by atoms with Crippen LogP contribution in [0.3, 0.4) is 0 Å². The summed E-state index contributed by atoms with van der Waals surface area (Å²) in [5, 5.41) is 0.780. The summed E-state index contributed by atoms with van der Waals surface area (Å²) in [6.07, 6.45) is 4.44. The number of aromatic nitrogens is 2. The highest BCUT2D eigenvalue weighted by atomic mass is 32.2. The molecular weight excluding hydrogens is 326 g/mol. The molecule has 0 radical (unpaired) electrons. The number of carbonyl (C=O) groups is 1. The van der Waals surface area contributed by atoms with E-state index >= 15 is 0 Å². The van der Waals surface area contributed by atoms with Crippen LogP contribution in [0.1, 0.15) is 6.42 Å². The molecule has 0 unspecified atom stereocenters. The Hall–Kier alpha value is -1.99. The first-order chi connectivity index (χ1) is 11.7. The zero-order chi connectivity index (χ0) is 17.4. The fourth-order valence-electron chi connectivity index (χ4n) is 2.16. The summed E-state index contributed by atoms with van der Waals surface area (Å²) in [5.41, 5.74) is 0.954. The van der Waals surface area contributed by atoms with Crippen molar-refractivity contribution in [3.8, 4) is 11.4 Å². The van der Waals surface area contributed by atoms with Crippen molar-refractivity contribution in [2.45, 2.75) is 11.6 Å². The molecule has 2 aromatic rings. The zero-order valence-corrected chi connectivity index (χ0v) is 15.1. The summed E-state index contributed by atoms with van der Waals surface area (Å²) in [4.78, 5) is 18.3. The summed E-state index contributed by atoms with van der Waals surface area (Å²) < 4.78 is 12.2. The van der Waals surface area contributed by atoms with Crippen LogP contribution in [0.25, 0.3) is 5.69 Å². The van der Waals surface area contributed by atoms with E-state index in [1.807, 2.05) is 42.1 Å². The number of hydrogen-bond donors (Lipinski definition) is 0. The summed E-state index contributed by atoms with van der Waals surface area (Å²) in [6, 6.07) is 7.74. The van der Waals surface area contributed by atoms with Crippen molar-refractivity contribution in [2.75, 3.05) is 40.2 Å². The van der Waals surface area contributed by atoms with Crippen molar-refractivity contribution in [1.29, 1.82) is 0 Å². The topological polar surface area (TPSA) is 56.6 Å². The number of ether oxygens (including phenoxy) is 2. The van der Waals surface area contributed by atoms with Gasteiger partial charge < -0.3 is 14.4 Å². The van der Waals surface area contributed by atoms with E-state index in [2.05, 4.69) is 4.98 Å². The second-order valence-electron chi connectivity index (χ2n) is 5.23. The monoisotopic (exact) mass is 349 g/mol. The number of methoxy groups -OCH3 is 2. The third-order valence-corrected chi connectivity index (χ3v) is 4.48. The Morgan fingerprint density at radius 3 is 2.96 bits per heavy atom. The van der Waals surface area contributed by atoms with Gasteiger partial charge in [-0.2, -0.15) is 0 Å². The molecule has 0 aliphatic heterocycles. The minimum atomic E-state index is 0.0799. The standard InChI is InChI=1S/C17H23N3O3S/c1-19(9-5-11-22-2)16(21)13-24-17-18-8-10-20(17)14-6-4-7-15(12-14)23-3/h4,6-8,10,12H,5,9,11,13H2,1-3H3. The average Bonchev–Trinajstić information content (AvgIpc) is 3.08. The Kier molecular flexibility index (Phi) is 7.14. The number of benzene rings is 1. The summed E-state index contributed by atoms with van der Waals surface area (Å²) >= 11 is 1.43. The smallest absolute Gasteiger partial charge is 0.232 e. The van der Waals surface area contributed by atoms with Gasteiger partial charge in [0.2, 0.25) is 5.91 Å². The number of carbonyl (C=O) groups excluding carboxylic acids is 1. The van der Waals surface area contributed by atoms with Gasteiger partial charge in [-0.05, 0) is 18.6 Å². The molecule has 0 fully saturated rings. The van der Waals surface area contributed by atoms with Gasteiger partial charge in [0.15, 0.2) is 5.16 Å². The van der Waals surface area contributed by atoms with E-state index in [1.165, 1.54) is 11.8 Å². The van der Waals surface area contributed by atoms with E-state index < -0.39 is 0 Å². The minimum absolute atomic E-state index is 0.0799. The molecule has 6 nitrogen and oxygen atoms in total. The van der Waals surface area contributed by atoms with Gasteiger partial charge in [0.25, 0.3) is 0 Å². The molecule has 0 aliphatic carbocycles. The second kappa shape index (κ2) is 9.34. The molecule has 1 heterocycles. The van der Waals surface area contributed by atoms with Crippen molar-refractivity contribution in [3.63, 3.8) is 0 Å². The minimum Gasteiger partial charge on any atom is -0.497 e. The summed E-state index contributed by atoms with van der Waals surface area (Å²) in [7, 11) is 5.12. The van der Waals surface area contributed by atoms with Gasteiger partial charge in [-0.15, -0.1) is 0 Å². The molecule has 2 rings (SSSR count). The maximum atomic E-state index is 12.2. The maximum Gasteiger partial charge on any atom is 0.232 e. The van der Waals surface area contributed by atoms with Gasteiger partial charge in [0.1, 0.15) is 5.75 Å². The molecule has 0 saturated heterocycles. The molecule has 0 saturated carbocycles. The predicted molar refractivity (Wildman–Crippen MR) is 95.0 cm³/mol. The molecule has 0 aliphatic rings. The lowest BCUT2D eigenvalue weighted by Crippen LogP contribution is -2.29. The number of nitrogens with zero attached hydrogens (tertiary/aromatic N) is 3. The molecule has 0 bridgehead atoms. The normalized spacial score (nSPS) is 10.6. The molecule has 7 heteroatoms. The van der Waals surface area contributed by atoms with E-state index in [0.29, 0.717) is 18.9 Å². The van der Waals surface area contributed by atoms with Crippen LogP contribution < -0.4 is 4.74 Å². The molecule has 1 aromatic heterocycles. The quantitative estimate of drug-likeness (QED) is 0.514. The Morgan fingerprint density at radius 1 is 1.38 bits per heavy atom. The molecule has 0 atom stereocenters. The largest absolute Gasteiger partial charge is 0.497 e. The maximum absolute atomic E-state index is 12.2. The van der Waals surface area contributed by atoms with Gasteiger partial charge in [-0.25, -0.2) is 4.98 Å². The lowest BCUT2D eigenvalue weighted by atomic mass is 10.3. The highest BCUT2D eigenvalue weighted by Crippen LogP contribution is 2.23. The molecular formula is C17H23N3O3S. The zero-order valence-electron chi connectivity index (χ0n) is 14.3. The van der Waals surface area contributed by atoms with E-state index in [-0.39, 0.29) is 5.91 Å². The lowest BCUT2D eigenvalue weighted by Gasteiger charge is -2.16. The van der Waals surface area contributed by atoms with Gasteiger partial charge in [0.05, 0.1) is 18.6 Å². The van der Waals surface area contributed by atoms with Crippen molar-refractivity contribution >= 4 is 17.7 Å². The third-order valence-electron chi connectivity index (χ3n) is 3.53. The van der Waals surface area contributed by atoms with Crippen LogP contribution in [0, 0.1) is 0 Å². The van der Waals surface area contributed by atoms with Gasteiger partial charge in [0, 0.05) is 45.8 Å². The highest BCUT2D eigenvalue weighted by molar-refractivity contribution is 7.99. The molecule has 1 amide bonds.